The third-order valence-electron chi connectivity index (χ3n) is 5.09. The van der Waals surface area contributed by atoms with Crippen molar-refractivity contribution in [3.63, 3.8) is 0 Å². The van der Waals surface area contributed by atoms with E-state index in [4.69, 9.17) is 9.47 Å². The van der Waals surface area contributed by atoms with Gasteiger partial charge in [-0.25, -0.2) is 4.79 Å². The maximum Gasteiger partial charge on any atom is 0.355 e. The van der Waals surface area contributed by atoms with Crippen LogP contribution in [0.25, 0.3) is 0 Å². The lowest BCUT2D eigenvalue weighted by Crippen LogP contribution is -2.47. The summed E-state index contributed by atoms with van der Waals surface area (Å²) in [6, 6.07) is 5.86. The Hall–Kier alpha value is -3.09. The zero-order chi connectivity index (χ0) is 22.6. The van der Waals surface area contributed by atoms with Crippen molar-refractivity contribution in [3.8, 4) is 5.75 Å². The van der Waals surface area contributed by atoms with E-state index in [0.717, 1.165) is 0 Å². The van der Waals surface area contributed by atoms with Gasteiger partial charge < -0.3 is 19.4 Å². The quantitative estimate of drug-likeness (QED) is 0.522. The number of amides is 1. The highest BCUT2D eigenvalue weighted by molar-refractivity contribution is 6.07. The molecule has 1 amide bonds. The van der Waals surface area contributed by atoms with E-state index >= 15 is 0 Å². The highest BCUT2D eigenvalue weighted by Crippen LogP contribution is 2.24. The molecule has 1 N–H and O–H groups in total. The van der Waals surface area contributed by atoms with Crippen molar-refractivity contribution in [3.05, 3.63) is 52.3 Å². The highest BCUT2D eigenvalue weighted by Gasteiger charge is 2.33. The third kappa shape index (κ3) is 4.56. The van der Waals surface area contributed by atoms with Gasteiger partial charge in [0.2, 0.25) is 0 Å². The molecule has 0 radical (unpaired) electrons. The molecule has 2 aromatic rings. The van der Waals surface area contributed by atoms with Crippen LogP contribution in [0.2, 0.25) is 0 Å². The molecule has 1 aromatic carbocycles. The number of aryl methyl sites for hydroxylation is 1. The first-order valence-corrected chi connectivity index (χ1v) is 10.0. The van der Waals surface area contributed by atoms with Crippen LogP contribution >= 0.6 is 0 Å². The first-order chi connectivity index (χ1) is 14.1. The average Bonchev–Trinajstić information content (AvgIpc) is 3.01. The first-order valence-electron chi connectivity index (χ1n) is 10.0. The number of Topliss-reactive ketones (excluding diaryl/α,β-unsaturated/α-hetero) is 1. The second-order valence-corrected chi connectivity index (χ2v) is 7.42. The molecular weight excluding hydrogens is 384 g/mol. The SMILES string of the molecule is CCOC(=O)c1[nH]c(C)c(C(=O)C(C)N(C(=O)c2ccc(OC)cc2)C(C)C)c1C. The van der Waals surface area contributed by atoms with Gasteiger partial charge in [0, 0.05) is 22.9 Å². The van der Waals surface area contributed by atoms with Crippen molar-refractivity contribution >= 4 is 17.7 Å². The number of aromatic nitrogens is 1. The Kier molecular flexibility index (Phi) is 7.43. The molecule has 0 saturated carbocycles. The molecule has 7 heteroatoms. The van der Waals surface area contributed by atoms with E-state index < -0.39 is 12.0 Å². The molecule has 7 nitrogen and oxygen atoms in total. The van der Waals surface area contributed by atoms with E-state index in [0.29, 0.717) is 28.1 Å². The molecule has 1 heterocycles. The van der Waals surface area contributed by atoms with Crippen LogP contribution in [0.4, 0.5) is 0 Å². The van der Waals surface area contributed by atoms with E-state index in [1.54, 1.807) is 64.0 Å². The predicted molar refractivity (Wildman–Crippen MR) is 114 cm³/mol. The van der Waals surface area contributed by atoms with Crippen molar-refractivity contribution in [2.24, 2.45) is 0 Å². The molecule has 0 aliphatic carbocycles. The Morgan fingerprint density at radius 1 is 1.07 bits per heavy atom. The molecular formula is C23H30N2O5. The van der Waals surface area contributed by atoms with E-state index in [1.165, 1.54) is 0 Å². The molecule has 0 aliphatic heterocycles. The van der Waals surface area contributed by atoms with E-state index in [1.807, 2.05) is 13.8 Å². The molecule has 162 valence electrons. The number of H-pyrrole nitrogens is 1. The van der Waals surface area contributed by atoms with Crippen LogP contribution in [0.1, 0.15) is 70.2 Å². The van der Waals surface area contributed by atoms with Gasteiger partial charge >= 0.3 is 5.97 Å². The van der Waals surface area contributed by atoms with Crippen molar-refractivity contribution in [2.45, 2.75) is 53.6 Å². The normalized spacial score (nSPS) is 11.9. The number of rotatable bonds is 8. The van der Waals surface area contributed by atoms with Gasteiger partial charge in [0.1, 0.15) is 11.4 Å². The third-order valence-corrected chi connectivity index (χ3v) is 5.09. The zero-order valence-corrected chi connectivity index (χ0v) is 18.7. The fraction of sp³-hybridized carbons (Fsp3) is 0.435. The fourth-order valence-corrected chi connectivity index (χ4v) is 3.60. The van der Waals surface area contributed by atoms with Crippen LogP contribution in [0.15, 0.2) is 24.3 Å². The lowest BCUT2D eigenvalue weighted by molar-refractivity contribution is 0.0518. The Balaban J connectivity index is 2.37. The van der Waals surface area contributed by atoms with Crippen LogP contribution in [-0.2, 0) is 4.74 Å². The molecule has 2 rings (SSSR count). The molecule has 1 unspecified atom stereocenters. The van der Waals surface area contributed by atoms with Gasteiger partial charge in [-0.15, -0.1) is 0 Å². The number of aromatic amines is 1. The minimum Gasteiger partial charge on any atom is -0.497 e. The topological polar surface area (TPSA) is 88.7 Å². The van der Waals surface area contributed by atoms with Crippen molar-refractivity contribution in [1.82, 2.24) is 9.88 Å². The second-order valence-electron chi connectivity index (χ2n) is 7.42. The summed E-state index contributed by atoms with van der Waals surface area (Å²) < 4.78 is 10.2. The molecule has 0 spiro atoms. The molecule has 1 atom stereocenters. The molecule has 30 heavy (non-hydrogen) atoms. The number of hydrogen-bond acceptors (Lipinski definition) is 5. The average molecular weight is 415 g/mol. The maximum absolute atomic E-state index is 13.4. The minimum absolute atomic E-state index is 0.206. The summed E-state index contributed by atoms with van der Waals surface area (Å²) in [5, 5.41) is 0. The maximum atomic E-state index is 13.4. The van der Waals surface area contributed by atoms with Crippen LogP contribution in [0.3, 0.4) is 0 Å². The number of esters is 1. The summed E-state index contributed by atoms with van der Waals surface area (Å²) >= 11 is 0. The summed E-state index contributed by atoms with van der Waals surface area (Å²) in [5.41, 5.74) is 2.26. The number of nitrogens with zero attached hydrogens (tertiary/aromatic N) is 1. The van der Waals surface area contributed by atoms with Gasteiger partial charge in [0.05, 0.1) is 19.8 Å². The van der Waals surface area contributed by atoms with Crippen LogP contribution in [0, 0.1) is 13.8 Å². The molecule has 1 aromatic heterocycles. The Morgan fingerprint density at radius 2 is 1.67 bits per heavy atom. The monoisotopic (exact) mass is 414 g/mol. The second kappa shape index (κ2) is 9.61. The van der Waals surface area contributed by atoms with Gasteiger partial charge in [-0.3, -0.25) is 9.59 Å². The Morgan fingerprint density at radius 3 is 2.17 bits per heavy atom. The van der Waals surface area contributed by atoms with E-state index in [9.17, 15) is 14.4 Å². The minimum atomic E-state index is -0.720. The van der Waals surface area contributed by atoms with Gasteiger partial charge in [-0.1, -0.05) is 0 Å². The van der Waals surface area contributed by atoms with Crippen LogP contribution in [-0.4, -0.2) is 53.3 Å². The highest BCUT2D eigenvalue weighted by atomic mass is 16.5. The van der Waals surface area contributed by atoms with Crippen LogP contribution < -0.4 is 4.74 Å². The number of carbonyl (C=O) groups is 3. The summed E-state index contributed by atoms with van der Waals surface area (Å²) in [5.74, 6) is -0.325. The standard InChI is InChI=1S/C23H30N2O5/c1-8-30-23(28)20-14(4)19(15(5)24-20)21(26)16(6)25(13(2)3)22(27)17-9-11-18(29-7)12-10-17/h9-13,16,24H,8H2,1-7H3. The van der Waals surface area contributed by atoms with Gasteiger partial charge in [-0.2, -0.15) is 0 Å². The van der Waals surface area contributed by atoms with Gasteiger partial charge in [0.15, 0.2) is 5.78 Å². The Bertz CT molecular complexity index is 928. The van der Waals surface area contributed by atoms with Crippen molar-refractivity contribution < 1.29 is 23.9 Å². The number of ether oxygens (including phenoxy) is 2. The van der Waals surface area contributed by atoms with Crippen LogP contribution in [0.5, 0.6) is 5.75 Å². The number of benzene rings is 1. The fourth-order valence-electron chi connectivity index (χ4n) is 3.60. The number of hydrogen-bond donors (Lipinski definition) is 1. The lowest BCUT2D eigenvalue weighted by atomic mass is 9.98. The number of methoxy groups -OCH3 is 1. The largest absolute Gasteiger partial charge is 0.497 e. The van der Waals surface area contributed by atoms with Crippen molar-refractivity contribution in [1.29, 1.82) is 0 Å². The zero-order valence-electron chi connectivity index (χ0n) is 18.7. The number of carbonyl (C=O) groups excluding carboxylic acids is 3. The first kappa shape index (κ1) is 23.2. The summed E-state index contributed by atoms with van der Waals surface area (Å²) in [7, 11) is 1.56. The van der Waals surface area contributed by atoms with Gasteiger partial charge in [0.25, 0.3) is 5.91 Å². The summed E-state index contributed by atoms with van der Waals surface area (Å²) in [4.78, 5) is 43.2. The smallest absolute Gasteiger partial charge is 0.355 e. The predicted octanol–water partition coefficient (Wildman–Crippen LogP) is 3.94. The Labute approximate surface area is 177 Å². The lowest BCUT2D eigenvalue weighted by Gasteiger charge is -2.32. The molecule has 0 fully saturated rings. The molecule has 0 bridgehead atoms. The van der Waals surface area contributed by atoms with E-state index in [2.05, 4.69) is 4.98 Å². The van der Waals surface area contributed by atoms with Gasteiger partial charge in [-0.05, 0) is 71.4 Å². The van der Waals surface area contributed by atoms with E-state index in [-0.39, 0.29) is 30.0 Å². The summed E-state index contributed by atoms with van der Waals surface area (Å²) in [6.07, 6.45) is 0. The summed E-state index contributed by atoms with van der Waals surface area (Å²) in [6.45, 7) is 10.9. The number of nitrogens with one attached hydrogen (secondary N) is 1. The number of ketones is 1. The molecule has 0 saturated heterocycles. The van der Waals surface area contributed by atoms with Crippen molar-refractivity contribution in [2.75, 3.05) is 13.7 Å². The molecule has 0 aliphatic rings.